The van der Waals surface area contributed by atoms with Crippen LogP contribution < -0.4 is 0 Å². The normalized spacial score (nSPS) is 14.4. The van der Waals surface area contributed by atoms with E-state index < -0.39 is 0 Å². The Labute approximate surface area is 177 Å². The number of likely N-dealkylation sites (tertiary alicyclic amines) is 1. The minimum Gasteiger partial charge on any atom is -0.445 e. The van der Waals surface area contributed by atoms with Gasteiger partial charge in [-0.25, -0.2) is 4.79 Å². The van der Waals surface area contributed by atoms with Gasteiger partial charge in [0.2, 0.25) is 5.91 Å². The van der Waals surface area contributed by atoms with Crippen molar-refractivity contribution >= 4 is 12.0 Å². The third-order valence-electron chi connectivity index (χ3n) is 5.40. The molecule has 30 heavy (non-hydrogen) atoms. The molecule has 160 valence electrons. The molecule has 7 heteroatoms. The number of pyridine rings is 1. The molecule has 2 amide bonds. The van der Waals surface area contributed by atoms with Crippen LogP contribution in [0.2, 0.25) is 0 Å². The average molecular weight is 412 g/mol. The summed E-state index contributed by atoms with van der Waals surface area (Å²) in [5.41, 5.74) is 2.69. The van der Waals surface area contributed by atoms with Crippen LogP contribution >= 0.6 is 0 Å². The van der Waals surface area contributed by atoms with Crippen LogP contribution in [0.1, 0.15) is 29.7 Å². The SMILES string of the molecule is COCc1ccc(CC(=O)N(C)C2CCN(C(=O)OCc3ccccc3)CC2)cn1. The molecule has 2 heterocycles. The summed E-state index contributed by atoms with van der Waals surface area (Å²) in [6.07, 6.45) is 3.23. The number of amides is 2. The van der Waals surface area contributed by atoms with Gasteiger partial charge in [0.1, 0.15) is 6.61 Å². The zero-order chi connectivity index (χ0) is 21.3. The molecule has 1 aliphatic rings. The van der Waals surface area contributed by atoms with Crippen molar-refractivity contribution in [1.29, 1.82) is 0 Å². The van der Waals surface area contributed by atoms with Crippen LogP contribution in [0.15, 0.2) is 48.7 Å². The van der Waals surface area contributed by atoms with Gasteiger partial charge in [0.25, 0.3) is 0 Å². The molecule has 0 radical (unpaired) electrons. The van der Waals surface area contributed by atoms with E-state index in [1.165, 1.54) is 0 Å². The lowest BCUT2D eigenvalue weighted by Crippen LogP contribution is -2.47. The lowest BCUT2D eigenvalue weighted by molar-refractivity contribution is -0.132. The number of carbonyl (C=O) groups excluding carboxylic acids is 2. The summed E-state index contributed by atoms with van der Waals surface area (Å²) in [7, 11) is 3.46. The molecular weight excluding hydrogens is 382 g/mol. The van der Waals surface area contributed by atoms with E-state index in [2.05, 4.69) is 4.98 Å². The van der Waals surface area contributed by atoms with E-state index in [0.29, 0.717) is 26.1 Å². The Kier molecular flexibility index (Phi) is 7.79. The van der Waals surface area contributed by atoms with E-state index in [1.807, 2.05) is 49.5 Å². The molecular formula is C23H29N3O4. The summed E-state index contributed by atoms with van der Waals surface area (Å²) < 4.78 is 10.5. The summed E-state index contributed by atoms with van der Waals surface area (Å²) in [5, 5.41) is 0. The van der Waals surface area contributed by atoms with Gasteiger partial charge in [0, 0.05) is 39.5 Å². The van der Waals surface area contributed by atoms with Crippen LogP contribution in [-0.4, -0.2) is 60.1 Å². The van der Waals surface area contributed by atoms with E-state index in [-0.39, 0.29) is 24.6 Å². The van der Waals surface area contributed by atoms with Crippen molar-refractivity contribution in [3.05, 3.63) is 65.5 Å². The first kappa shape index (κ1) is 21.8. The predicted octanol–water partition coefficient (Wildman–Crippen LogP) is 3.03. The summed E-state index contributed by atoms with van der Waals surface area (Å²) in [4.78, 5) is 32.8. The van der Waals surface area contributed by atoms with Crippen molar-refractivity contribution in [1.82, 2.24) is 14.8 Å². The highest BCUT2D eigenvalue weighted by atomic mass is 16.6. The molecule has 1 fully saturated rings. The van der Waals surface area contributed by atoms with Gasteiger partial charge in [-0.05, 0) is 30.0 Å². The fourth-order valence-corrected chi connectivity index (χ4v) is 3.54. The second-order valence-corrected chi connectivity index (χ2v) is 7.53. The maximum Gasteiger partial charge on any atom is 0.410 e. The number of rotatable bonds is 7. The summed E-state index contributed by atoms with van der Waals surface area (Å²) in [6.45, 7) is 1.90. The number of ether oxygens (including phenoxy) is 2. The van der Waals surface area contributed by atoms with Gasteiger partial charge in [-0.2, -0.15) is 0 Å². The first-order valence-corrected chi connectivity index (χ1v) is 10.2. The van der Waals surface area contributed by atoms with E-state index in [0.717, 1.165) is 29.7 Å². The molecule has 1 aromatic heterocycles. The van der Waals surface area contributed by atoms with E-state index >= 15 is 0 Å². The molecule has 7 nitrogen and oxygen atoms in total. The molecule has 1 aromatic carbocycles. The fourth-order valence-electron chi connectivity index (χ4n) is 3.54. The predicted molar refractivity (Wildman–Crippen MR) is 113 cm³/mol. The van der Waals surface area contributed by atoms with Gasteiger partial charge in [0.15, 0.2) is 0 Å². The largest absolute Gasteiger partial charge is 0.445 e. The number of piperidine rings is 1. The molecule has 2 aromatic rings. The second kappa shape index (κ2) is 10.7. The van der Waals surface area contributed by atoms with Crippen molar-refractivity contribution in [2.75, 3.05) is 27.2 Å². The highest BCUT2D eigenvalue weighted by Crippen LogP contribution is 2.18. The lowest BCUT2D eigenvalue weighted by Gasteiger charge is -2.36. The van der Waals surface area contributed by atoms with Crippen LogP contribution in [0.25, 0.3) is 0 Å². The Hall–Kier alpha value is -2.93. The second-order valence-electron chi connectivity index (χ2n) is 7.53. The summed E-state index contributed by atoms with van der Waals surface area (Å²) in [6, 6.07) is 13.6. The number of carbonyl (C=O) groups is 2. The lowest BCUT2D eigenvalue weighted by atomic mass is 10.0. The van der Waals surface area contributed by atoms with Gasteiger partial charge < -0.3 is 19.3 Å². The molecule has 1 aliphatic heterocycles. The third-order valence-corrected chi connectivity index (χ3v) is 5.40. The van der Waals surface area contributed by atoms with Crippen LogP contribution in [0.5, 0.6) is 0 Å². The first-order valence-electron chi connectivity index (χ1n) is 10.2. The van der Waals surface area contributed by atoms with Gasteiger partial charge >= 0.3 is 6.09 Å². The molecule has 0 N–H and O–H groups in total. The third kappa shape index (κ3) is 6.03. The van der Waals surface area contributed by atoms with Crippen LogP contribution in [0, 0.1) is 0 Å². The van der Waals surface area contributed by atoms with Crippen molar-refractivity contribution < 1.29 is 19.1 Å². The van der Waals surface area contributed by atoms with Crippen molar-refractivity contribution in [3.63, 3.8) is 0 Å². The van der Waals surface area contributed by atoms with E-state index in [4.69, 9.17) is 9.47 Å². The fraction of sp³-hybridized carbons (Fsp3) is 0.435. The zero-order valence-electron chi connectivity index (χ0n) is 17.6. The average Bonchev–Trinajstić information content (AvgIpc) is 2.79. The molecule has 0 unspecified atom stereocenters. The van der Waals surface area contributed by atoms with Crippen molar-refractivity contribution in [2.24, 2.45) is 0 Å². The maximum absolute atomic E-state index is 12.7. The molecule has 0 saturated carbocycles. The monoisotopic (exact) mass is 411 g/mol. The van der Waals surface area contributed by atoms with Gasteiger partial charge in [0.05, 0.1) is 18.7 Å². The Morgan fingerprint density at radius 2 is 1.80 bits per heavy atom. The summed E-state index contributed by atoms with van der Waals surface area (Å²) in [5.74, 6) is 0.0568. The minimum atomic E-state index is -0.298. The number of likely N-dealkylation sites (N-methyl/N-ethyl adjacent to an activating group) is 1. The molecule has 0 bridgehead atoms. The zero-order valence-corrected chi connectivity index (χ0v) is 17.6. The maximum atomic E-state index is 12.7. The number of methoxy groups -OCH3 is 1. The molecule has 0 atom stereocenters. The van der Waals surface area contributed by atoms with Gasteiger partial charge in [-0.15, -0.1) is 0 Å². The van der Waals surface area contributed by atoms with Gasteiger partial charge in [-0.1, -0.05) is 36.4 Å². The Morgan fingerprint density at radius 1 is 1.07 bits per heavy atom. The highest BCUT2D eigenvalue weighted by molar-refractivity contribution is 5.78. The van der Waals surface area contributed by atoms with Crippen LogP contribution in [0.3, 0.4) is 0 Å². The molecule has 3 rings (SSSR count). The Bertz CT molecular complexity index is 818. The van der Waals surface area contributed by atoms with Crippen LogP contribution in [0.4, 0.5) is 4.79 Å². The molecule has 0 spiro atoms. The standard InChI is InChI=1S/C23H29N3O4/c1-25(22(27)14-19-8-9-20(17-29-2)24-15-19)21-10-12-26(13-11-21)23(28)30-16-18-6-4-3-5-7-18/h3-9,15,21H,10-14,16-17H2,1-2H3. The van der Waals surface area contributed by atoms with Crippen molar-refractivity contribution in [2.45, 2.75) is 38.5 Å². The van der Waals surface area contributed by atoms with Crippen molar-refractivity contribution in [3.8, 4) is 0 Å². The smallest absolute Gasteiger partial charge is 0.410 e. The number of hydrogen-bond donors (Lipinski definition) is 0. The van der Waals surface area contributed by atoms with E-state index in [1.54, 1.807) is 23.1 Å². The van der Waals surface area contributed by atoms with Crippen LogP contribution in [-0.2, 0) is 33.9 Å². The minimum absolute atomic E-state index is 0.0568. The number of nitrogens with zero attached hydrogens (tertiary/aromatic N) is 3. The highest BCUT2D eigenvalue weighted by Gasteiger charge is 2.28. The van der Waals surface area contributed by atoms with Gasteiger partial charge in [-0.3, -0.25) is 9.78 Å². The number of benzene rings is 1. The first-order chi connectivity index (χ1) is 14.6. The molecule has 1 saturated heterocycles. The number of hydrogen-bond acceptors (Lipinski definition) is 5. The number of aromatic nitrogens is 1. The Balaban J connectivity index is 1.43. The van der Waals surface area contributed by atoms with E-state index in [9.17, 15) is 9.59 Å². The Morgan fingerprint density at radius 3 is 2.43 bits per heavy atom. The molecule has 0 aliphatic carbocycles. The summed E-state index contributed by atoms with van der Waals surface area (Å²) >= 11 is 0. The topological polar surface area (TPSA) is 72.0 Å². The quantitative estimate of drug-likeness (QED) is 0.700.